The van der Waals surface area contributed by atoms with E-state index in [1.165, 1.54) is 142 Å². The third kappa shape index (κ3) is 7.27. The van der Waals surface area contributed by atoms with Gasteiger partial charge in [-0.25, -0.2) is 0 Å². The molecule has 1 aliphatic heterocycles. The third-order valence-corrected chi connectivity index (χ3v) is 18.1. The minimum Gasteiger partial charge on any atom is -0.355 e. The van der Waals surface area contributed by atoms with Crippen LogP contribution < -0.4 is 21.1 Å². The second-order valence-electron chi connectivity index (χ2n) is 25.1. The Morgan fingerprint density at radius 1 is 0.403 bits per heavy atom. The molecule has 1 heterocycles. The number of hydrogen-bond donors (Lipinski definition) is 1. The molecule has 0 fully saturated rings. The minimum atomic E-state index is -0.261. The zero-order chi connectivity index (χ0) is 50.3. The van der Waals surface area contributed by atoms with E-state index in [1.807, 2.05) is 0 Å². The Kier molecular flexibility index (Phi) is 10.5. The topological polar surface area (TPSA) is 15.3 Å². The molecule has 4 aliphatic rings. The number of anilines is 5. The normalized spacial score (nSPS) is 17.9. The van der Waals surface area contributed by atoms with Gasteiger partial charge in [-0.2, -0.15) is 0 Å². The number of rotatable bonds is 6. The molecule has 0 aromatic heterocycles. The van der Waals surface area contributed by atoms with Gasteiger partial charge >= 0.3 is 0 Å². The van der Waals surface area contributed by atoms with Gasteiger partial charge < -0.3 is 10.2 Å². The Bertz CT molecular complexity index is 3510. The number of hydrogen-bond acceptors (Lipinski definition) is 2. The molecule has 0 saturated heterocycles. The van der Waals surface area contributed by atoms with E-state index in [4.69, 9.17) is 0 Å². The third-order valence-electron chi connectivity index (χ3n) is 18.1. The highest BCUT2D eigenvalue weighted by Gasteiger charge is 2.44. The molecule has 0 amide bonds. The molecule has 12 rings (SSSR count). The first-order valence-electron chi connectivity index (χ1n) is 26.7. The monoisotopic (exact) mass is 938 g/mol. The van der Waals surface area contributed by atoms with Crippen LogP contribution in [0.1, 0.15) is 139 Å². The van der Waals surface area contributed by atoms with E-state index in [9.17, 15) is 0 Å². The fourth-order valence-corrected chi connectivity index (χ4v) is 13.3. The predicted molar refractivity (Wildman–Crippen MR) is 310 cm³/mol. The molecule has 72 heavy (non-hydrogen) atoms. The summed E-state index contributed by atoms with van der Waals surface area (Å²) in [5.74, 6) is 0. The Balaban J connectivity index is 1.18. The van der Waals surface area contributed by atoms with Gasteiger partial charge in [0.1, 0.15) is 0 Å². The molecule has 0 saturated carbocycles. The lowest BCUT2D eigenvalue weighted by Gasteiger charge is -2.44. The average molecular weight is 938 g/mol. The Morgan fingerprint density at radius 2 is 0.931 bits per heavy atom. The van der Waals surface area contributed by atoms with Gasteiger partial charge in [0, 0.05) is 45.0 Å². The van der Waals surface area contributed by atoms with Crippen LogP contribution >= 0.6 is 0 Å². The van der Waals surface area contributed by atoms with Crippen molar-refractivity contribution in [3.8, 4) is 44.5 Å². The number of nitrogens with zero attached hydrogens (tertiary/aromatic N) is 1. The van der Waals surface area contributed by atoms with Gasteiger partial charge in [0.05, 0.1) is 0 Å². The average Bonchev–Trinajstić information content (AvgIpc) is 3.59. The number of aryl methyl sites for hydroxylation is 2. The molecule has 0 atom stereocenters. The van der Waals surface area contributed by atoms with E-state index in [2.05, 4.69) is 252 Å². The summed E-state index contributed by atoms with van der Waals surface area (Å²) in [6.45, 7) is 29.1. The molecular formula is C69H70BN2. The van der Waals surface area contributed by atoms with Crippen LogP contribution in [-0.4, -0.2) is 7.28 Å². The van der Waals surface area contributed by atoms with Crippen LogP contribution in [0.5, 0.6) is 0 Å². The van der Waals surface area contributed by atoms with E-state index >= 15 is 0 Å². The van der Waals surface area contributed by atoms with Gasteiger partial charge in [0.25, 0.3) is 0 Å². The fraction of sp³-hybridized carbons (Fsp3) is 0.304. The minimum absolute atomic E-state index is 0.0311. The molecule has 0 bridgehead atoms. The summed E-state index contributed by atoms with van der Waals surface area (Å²) in [4.78, 5) is 2.70. The quantitative estimate of drug-likeness (QED) is 0.167. The Morgan fingerprint density at radius 3 is 1.56 bits per heavy atom. The molecule has 2 nitrogen and oxygen atoms in total. The molecular weight excluding hydrogens is 868 g/mol. The lowest BCUT2D eigenvalue weighted by Crippen LogP contribution is -2.42. The molecule has 8 aromatic carbocycles. The summed E-state index contributed by atoms with van der Waals surface area (Å²) in [6, 6.07) is 58.1. The SMILES string of the molecule is Cc1cc2c(cc1Nc1ccc(-c3ccccc3)cc1-c1cc3c(c4c1[B]c1ccc(-c5ccccc5)cc1N4c1cc4c(cc1C)C(C)(C)CCC4(C)C)-c1ccccc1C3(C)C)C(C)(C)CCC2(C)C. The maximum atomic E-state index is 4.17. The summed E-state index contributed by atoms with van der Waals surface area (Å²) < 4.78 is 0. The van der Waals surface area contributed by atoms with Crippen molar-refractivity contribution >= 4 is 46.6 Å². The van der Waals surface area contributed by atoms with E-state index in [1.54, 1.807) is 0 Å². The fourth-order valence-electron chi connectivity index (χ4n) is 13.3. The van der Waals surface area contributed by atoms with Crippen LogP contribution in [0.25, 0.3) is 44.5 Å². The molecule has 1 N–H and O–H groups in total. The van der Waals surface area contributed by atoms with Gasteiger partial charge in [-0.05, 0) is 181 Å². The molecule has 359 valence electrons. The second-order valence-corrected chi connectivity index (χ2v) is 25.1. The molecule has 3 heteroatoms. The number of benzene rings is 8. The van der Waals surface area contributed by atoms with Gasteiger partial charge in [0.15, 0.2) is 7.28 Å². The molecule has 1 radical (unpaired) electrons. The maximum Gasteiger partial charge on any atom is 0.197 e. The molecule has 0 spiro atoms. The predicted octanol–water partition coefficient (Wildman–Crippen LogP) is 17.5. The van der Waals surface area contributed by atoms with E-state index in [-0.39, 0.29) is 27.1 Å². The first-order chi connectivity index (χ1) is 34.2. The van der Waals surface area contributed by atoms with Crippen molar-refractivity contribution in [2.45, 2.75) is 136 Å². The van der Waals surface area contributed by atoms with E-state index in [0.29, 0.717) is 0 Å². The van der Waals surface area contributed by atoms with Crippen molar-refractivity contribution in [3.05, 3.63) is 196 Å². The Labute approximate surface area is 431 Å². The van der Waals surface area contributed by atoms with Crippen LogP contribution in [0.4, 0.5) is 28.4 Å². The molecule has 3 aliphatic carbocycles. The van der Waals surface area contributed by atoms with Gasteiger partial charge in [-0.3, -0.25) is 0 Å². The van der Waals surface area contributed by atoms with Crippen molar-refractivity contribution in [1.82, 2.24) is 0 Å². The van der Waals surface area contributed by atoms with Crippen LogP contribution in [0.2, 0.25) is 0 Å². The lowest BCUT2D eigenvalue weighted by molar-refractivity contribution is 0.332. The first-order valence-corrected chi connectivity index (χ1v) is 26.7. The molecule has 8 aromatic rings. The van der Waals surface area contributed by atoms with E-state index in [0.717, 1.165) is 12.1 Å². The highest BCUT2D eigenvalue weighted by molar-refractivity contribution is 6.73. The van der Waals surface area contributed by atoms with Gasteiger partial charge in [-0.1, -0.05) is 190 Å². The van der Waals surface area contributed by atoms with Gasteiger partial charge in [0.2, 0.25) is 0 Å². The molecule has 0 unspecified atom stereocenters. The van der Waals surface area contributed by atoms with Gasteiger partial charge in [-0.15, -0.1) is 0 Å². The number of fused-ring (bicyclic) bond motifs is 8. The zero-order valence-corrected chi connectivity index (χ0v) is 44.8. The maximum absolute atomic E-state index is 4.17. The first kappa shape index (κ1) is 46.5. The standard InChI is InChI=1S/C69H70BN2/c1-42-35-52-54(67(7,8)33-31-65(52,3)4)40-59(42)71-58-30-28-46(44-21-15-13-16-22-44)37-49(58)50-39-56-62(48-25-19-20-26-51(48)69(56,11)12)64-63(50)70-57-29-27-47(45-23-17-14-18-24-45)38-61(57)72(64)60-41-55-53(36-43(60)2)66(5,6)32-34-68(55,9)10/h13-30,35-41,71H,31-34H2,1-12H3. The van der Waals surface area contributed by atoms with E-state index < -0.39 is 0 Å². The summed E-state index contributed by atoms with van der Waals surface area (Å²) in [6.07, 6.45) is 4.70. The van der Waals surface area contributed by atoms with Crippen molar-refractivity contribution in [3.63, 3.8) is 0 Å². The summed E-state index contributed by atoms with van der Waals surface area (Å²) in [5.41, 5.74) is 29.7. The van der Waals surface area contributed by atoms with Crippen molar-refractivity contribution < 1.29 is 0 Å². The van der Waals surface area contributed by atoms with Crippen molar-refractivity contribution in [2.24, 2.45) is 0 Å². The second kappa shape index (κ2) is 16.2. The summed E-state index contributed by atoms with van der Waals surface area (Å²) >= 11 is 0. The van der Waals surface area contributed by atoms with Crippen LogP contribution in [0.15, 0.2) is 152 Å². The van der Waals surface area contributed by atoms with Crippen LogP contribution in [-0.2, 0) is 27.1 Å². The van der Waals surface area contributed by atoms with Crippen molar-refractivity contribution in [2.75, 3.05) is 10.2 Å². The summed E-state index contributed by atoms with van der Waals surface area (Å²) in [5, 5.41) is 4.17. The Hall–Kier alpha value is -6.58. The van der Waals surface area contributed by atoms with Crippen LogP contribution in [0.3, 0.4) is 0 Å². The largest absolute Gasteiger partial charge is 0.355 e. The summed E-state index contributed by atoms with van der Waals surface area (Å²) in [7, 11) is 2.52. The highest BCUT2D eigenvalue weighted by Crippen LogP contribution is 2.58. The lowest BCUT2D eigenvalue weighted by atomic mass is 9.56. The highest BCUT2D eigenvalue weighted by atomic mass is 15.2. The zero-order valence-electron chi connectivity index (χ0n) is 44.8. The smallest absolute Gasteiger partial charge is 0.197 e. The number of nitrogens with one attached hydrogen (secondary N) is 1. The van der Waals surface area contributed by atoms with Crippen LogP contribution in [0, 0.1) is 13.8 Å². The van der Waals surface area contributed by atoms with Crippen molar-refractivity contribution in [1.29, 1.82) is 0 Å².